The molecule has 1 heterocycles. The highest BCUT2D eigenvalue weighted by Gasteiger charge is 2.15. The smallest absolute Gasteiger partial charge is 0.224 e. The number of piperidine rings is 1. The predicted octanol–water partition coefficient (Wildman–Crippen LogP) is 2.68. The fourth-order valence-electron chi connectivity index (χ4n) is 2.31. The van der Waals surface area contributed by atoms with Gasteiger partial charge in [0.15, 0.2) is 0 Å². The summed E-state index contributed by atoms with van der Waals surface area (Å²) in [6.07, 6.45) is 3.43. The summed E-state index contributed by atoms with van der Waals surface area (Å²) >= 11 is 0. The van der Waals surface area contributed by atoms with Crippen LogP contribution in [0.2, 0.25) is 0 Å². The van der Waals surface area contributed by atoms with Crippen molar-refractivity contribution < 1.29 is 13.6 Å². The van der Waals surface area contributed by atoms with Gasteiger partial charge in [0.1, 0.15) is 11.6 Å². The van der Waals surface area contributed by atoms with Gasteiger partial charge >= 0.3 is 0 Å². The average molecular weight is 268 g/mol. The number of carbonyl (C=O) groups is 1. The number of benzene rings is 1. The number of hydrogen-bond donors (Lipinski definition) is 2. The van der Waals surface area contributed by atoms with E-state index in [0.717, 1.165) is 44.5 Å². The van der Waals surface area contributed by atoms with E-state index in [0.29, 0.717) is 12.3 Å². The van der Waals surface area contributed by atoms with Crippen molar-refractivity contribution in [3.05, 3.63) is 29.8 Å². The van der Waals surface area contributed by atoms with Crippen LogP contribution in [0.4, 0.5) is 14.5 Å². The molecular formula is C14H18F2N2O. The first kappa shape index (κ1) is 13.9. The van der Waals surface area contributed by atoms with E-state index in [9.17, 15) is 13.6 Å². The number of hydrogen-bond acceptors (Lipinski definition) is 2. The zero-order valence-electron chi connectivity index (χ0n) is 10.7. The van der Waals surface area contributed by atoms with Gasteiger partial charge in [0, 0.05) is 12.5 Å². The van der Waals surface area contributed by atoms with E-state index in [1.807, 2.05) is 0 Å². The normalized spacial score (nSPS) is 19.2. The van der Waals surface area contributed by atoms with Crippen molar-refractivity contribution >= 4 is 11.6 Å². The Labute approximate surface area is 111 Å². The maximum Gasteiger partial charge on any atom is 0.224 e. The van der Waals surface area contributed by atoms with Crippen molar-refractivity contribution in [2.45, 2.75) is 25.7 Å². The molecule has 0 aliphatic carbocycles. The molecule has 0 spiro atoms. The zero-order chi connectivity index (χ0) is 13.7. The second-order valence-electron chi connectivity index (χ2n) is 4.92. The van der Waals surface area contributed by atoms with Crippen LogP contribution in [0.15, 0.2) is 18.2 Å². The van der Waals surface area contributed by atoms with Crippen molar-refractivity contribution in [3.63, 3.8) is 0 Å². The van der Waals surface area contributed by atoms with Crippen LogP contribution in [0.25, 0.3) is 0 Å². The third-order valence-corrected chi connectivity index (χ3v) is 3.38. The van der Waals surface area contributed by atoms with Crippen LogP contribution in [0.3, 0.4) is 0 Å². The molecule has 0 saturated carbocycles. The molecule has 1 aliphatic rings. The van der Waals surface area contributed by atoms with Gasteiger partial charge in [-0.3, -0.25) is 4.79 Å². The Hall–Kier alpha value is -1.49. The summed E-state index contributed by atoms with van der Waals surface area (Å²) in [5.41, 5.74) is 0.0353. The fraction of sp³-hybridized carbons (Fsp3) is 0.500. The third kappa shape index (κ3) is 4.28. The van der Waals surface area contributed by atoms with Gasteiger partial charge in [-0.25, -0.2) is 8.78 Å². The lowest BCUT2D eigenvalue weighted by Gasteiger charge is -2.22. The Bertz CT molecular complexity index is 445. The Balaban J connectivity index is 1.80. The molecule has 19 heavy (non-hydrogen) atoms. The molecule has 1 aromatic rings. The first-order chi connectivity index (χ1) is 9.15. The van der Waals surface area contributed by atoms with Gasteiger partial charge in [-0.15, -0.1) is 0 Å². The number of halogens is 2. The maximum absolute atomic E-state index is 13.3. The molecule has 104 valence electrons. The van der Waals surface area contributed by atoms with Crippen LogP contribution in [0, 0.1) is 17.6 Å². The van der Waals surface area contributed by atoms with Crippen molar-refractivity contribution in [1.82, 2.24) is 5.32 Å². The Morgan fingerprint density at radius 3 is 2.95 bits per heavy atom. The number of carbonyl (C=O) groups excluding carboxylic acids is 1. The summed E-state index contributed by atoms with van der Waals surface area (Å²) < 4.78 is 26.1. The minimum atomic E-state index is -0.743. The third-order valence-electron chi connectivity index (χ3n) is 3.38. The summed E-state index contributed by atoms with van der Waals surface area (Å²) in [5, 5.41) is 5.77. The van der Waals surface area contributed by atoms with E-state index in [1.54, 1.807) is 0 Å². The van der Waals surface area contributed by atoms with Gasteiger partial charge in [-0.05, 0) is 50.4 Å². The molecule has 1 fully saturated rings. The molecule has 1 aromatic carbocycles. The number of amides is 1. The van der Waals surface area contributed by atoms with Crippen molar-refractivity contribution in [1.29, 1.82) is 0 Å². The molecule has 5 heteroatoms. The number of anilines is 1. The SMILES string of the molecule is O=C(CCC1CCCNC1)Nc1ccc(F)cc1F. The Morgan fingerprint density at radius 2 is 2.26 bits per heavy atom. The second-order valence-corrected chi connectivity index (χ2v) is 4.92. The van der Waals surface area contributed by atoms with Crippen LogP contribution >= 0.6 is 0 Å². The second kappa shape index (κ2) is 6.61. The van der Waals surface area contributed by atoms with Gasteiger partial charge in [-0.1, -0.05) is 0 Å². The van der Waals surface area contributed by atoms with Crippen LogP contribution in [0.1, 0.15) is 25.7 Å². The van der Waals surface area contributed by atoms with Crippen LogP contribution in [-0.4, -0.2) is 19.0 Å². The highest BCUT2D eigenvalue weighted by Crippen LogP contribution is 2.18. The monoisotopic (exact) mass is 268 g/mol. The summed E-state index contributed by atoms with van der Waals surface area (Å²) in [5.74, 6) is -1.11. The molecule has 3 nitrogen and oxygen atoms in total. The first-order valence-corrected chi connectivity index (χ1v) is 6.61. The molecule has 0 radical (unpaired) electrons. The van der Waals surface area contributed by atoms with Crippen molar-refractivity contribution in [2.24, 2.45) is 5.92 Å². The van der Waals surface area contributed by atoms with Crippen LogP contribution in [-0.2, 0) is 4.79 Å². The van der Waals surface area contributed by atoms with Crippen molar-refractivity contribution in [3.8, 4) is 0 Å². The minimum Gasteiger partial charge on any atom is -0.324 e. The molecular weight excluding hydrogens is 250 g/mol. The topological polar surface area (TPSA) is 41.1 Å². The standard InChI is InChI=1S/C14H18F2N2O/c15-11-4-5-13(12(16)8-11)18-14(19)6-3-10-2-1-7-17-9-10/h4-5,8,10,17H,1-3,6-7,9H2,(H,18,19). The maximum atomic E-state index is 13.3. The molecule has 1 unspecified atom stereocenters. The fourth-order valence-corrected chi connectivity index (χ4v) is 2.31. The largest absolute Gasteiger partial charge is 0.324 e. The summed E-state index contributed by atoms with van der Waals surface area (Å²) in [6, 6.07) is 3.13. The van der Waals surface area contributed by atoms with Gasteiger partial charge in [0.2, 0.25) is 5.91 Å². The van der Waals surface area contributed by atoms with E-state index < -0.39 is 11.6 Å². The average Bonchev–Trinajstić information content (AvgIpc) is 2.41. The van der Waals surface area contributed by atoms with Crippen molar-refractivity contribution in [2.75, 3.05) is 18.4 Å². The van der Waals surface area contributed by atoms with E-state index >= 15 is 0 Å². The molecule has 2 N–H and O–H groups in total. The zero-order valence-corrected chi connectivity index (χ0v) is 10.7. The predicted molar refractivity (Wildman–Crippen MR) is 69.8 cm³/mol. The van der Waals surface area contributed by atoms with E-state index in [2.05, 4.69) is 10.6 Å². The molecule has 1 saturated heterocycles. The molecule has 0 aromatic heterocycles. The molecule has 2 rings (SSSR count). The summed E-state index contributed by atoms with van der Waals surface area (Å²) in [7, 11) is 0. The lowest BCUT2D eigenvalue weighted by Crippen LogP contribution is -2.30. The molecule has 1 aliphatic heterocycles. The first-order valence-electron chi connectivity index (χ1n) is 6.61. The van der Waals surface area contributed by atoms with E-state index in [-0.39, 0.29) is 11.6 Å². The molecule has 1 amide bonds. The highest BCUT2D eigenvalue weighted by atomic mass is 19.1. The lowest BCUT2D eigenvalue weighted by atomic mass is 9.94. The van der Waals surface area contributed by atoms with Gasteiger partial charge in [-0.2, -0.15) is 0 Å². The van der Waals surface area contributed by atoms with Crippen LogP contribution in [0.5, 0.6) is 0 Å². The van der Waals surface area contributed by atoms with E-state index in [4.69, 9.17) is 0 Å². The summed E-state index contributed by atoms with van der Waals surface area (Å²) in [4.78, 5) is 11.7. The minimum absolute atomic E-state index is 0.0353. The Kier molecular flexibility index (Phi) is 4.85. The number of nitrogens with one attached hydrogen (secondary N) is 2. The van der Waals surface area contributed by atoms with Gasteiger partial charge in [0.05, 0.1) is 5.69 Å². The quantitative estimate of drug-likeness (QED) is 0.881. The van der Waals surface area contributed by atoms with E-state index in [1.165, 1.54) is 6.07 Å². The number of rotatable bonds is 4. The highest BCUT2D eigenvalue weighted by molar-refractivity contribution is 5.90. The van der Waals surface area contributed by atoms with Gasteiger partial charge in [0.25, 0.3) is 0 Å². The molecule has 0 bridgehead atoms. The molecule has 1 atom stereocenters. The van der Waals surface area contributed by atoms with Crippen LogP contribution < -0.4 is 10.6 Å². The van der Waals surface area contributed by atoms with Gasteiger partial charge < -0.3 is 10.6 Å². The Morgan fingerprint density at radius 1 is 1.42 bits per heavy atom. The lowest BCUT2D eigenvalue weighted by molar-refractivity contribution is -0.116. The summed E-state index contributed by atoms with van der Waals surface area (Å²) in [6.45, 7) is 1.99.